The third kappa shape index (κ3) is 11.1. The Bertz CT molecular complexity index is 3490. The molecule has 0 aliphatic carbocycles. The van der Waals surface area contributed by atoms with Gasteiger partial charge in [0.25, 0.3) is 11.8 Å². The minimum Gasteiger partial charge on any atom is -0.462 e. The Morgan fingerprint density at radius 1 is 0.566 bits per heavy atom. The van der Waals surface area contributed by atoms with E-state index in [4.69, 9.17) is 30.2 Å². The van der Waals surface area contributed by atoms with Crippen molar-refractivity contribution >= 4 is 92.6 Å². The van der Waals surface area contributed by atoms with E-state index in [1.54, 1.807) is 54.0 Å². The van der Waals surface area contributed by atoms with Crippen molar-refractivity contribution in [3.63, 3.8) is 0 Å². The molecule has 11 rings (SSSR count). The lowest BCUT2D eigenvalue weighted by molar-refractivity contribution is 0.00578. The molecule has 0 atom stereocenters. The van der Waals surface area contributed by atoms with Gasteiger partial charge in [-0.05, 0) is 145 Å². The molecule has 0 radical (unpaired) electrons. The zero-order chi connectivity index (χ0) is 53.9. The lowest BCUT2D eigenvalue weighted by Crippen LogP contribution is -2.41. The predicted molar refractivity (Wildman–Crippen MR) is 300 cm³/mol. The standard InChI is InChI=1S/C26H22N4O3.C17H13IN4O.C15H21BO4/c1-2-33-25(32)20-10-6-5-9-19(20)16-11-12-22-21(13-16)23(29-26(27)28-22)24(31)30-14-17-7-3-4-8-18(17)15-30;18-12-5-6-14-13(7-12)15(21-17(19)20-14)16(23)22-8-10-3-1-2-4-11(10)9-22;1-6-18-13(17)11-9-7-8-10-12(11)16-19-14(2,3)15(4,5)20-16/h3-13H,2,14-15H2,1H3,(H2,27,28,29);1-7H,8-9H2,(H2,19,20,21);7-10H,6H2,1-5H3. The van der Waals surface area contributed by atoms with Gasteiger partial charge in [-0.2, -0.15) is 0 Å². The fourth-order valence-corrected chi connectivity index (χ4v) is 9.69. The average Bonchev–Trinajstić information content (AvgIpc) is 4.11. The number of halogens is 1. The third-order valence-electron chi connectivity index (χ3n) is 13.7. The van der Waals surface area contributed by atoms with Gasteiger partial charge in [-0.15, -0.1) is 0 Å². The molecule has 8 aromatic rings. The van der Waals surface area contributed by atoms with Crippen LogP contribution in [0.3, 0.4) is 0 Å². The first-order valence-corrected chi connectivity index (χ1v) is 25.9. The van der Waals surface area contributed by atoms with E-state index in [1.807, 2.05) is 119 Å². The molecule has 3 aliphatic heterocycles. The molecule has 4 N–H and O–H groups in total. The van der Waals surface area contributed by atoms with Gasteiger partial charge in [0.1, 0.15) is 11.4 Å². The van der Waals surface area contributed by atoms with Crippen LogP contribution in [0, 0.1) is 3.57 Å². The van der Waals surface area contributed by atoms with Crippen LogP contribution in [-0.2, 0) is 45.0 Å². The largest absolute Gasteiger partial charge is 0.495 e. The first-order chi connectivity index (χ1) is 36.4. The Morgan fingerprint density at radius 3 is 1.49 bits per heavy atom. The normalized spacial score (nSPS) is 14.8. The van der Waals surface area contributed by atoms with Gasteiger partial charge in [-0.3, -0.25) is 9.59 Å². The van der Waals surface area contributed by atoms with Crippen LogP contribution in [0.5, 0.6) is 0 Å². The Balaban J connectivity index is 0.000000145. The van der Waals surface area contributed by atoms with Crippen LogP contribution in [0.1, 0.15) is 105 Å². The van der Waals surface area contributed by atoms with Crippen molar-refractivity contribution in [2.24, 2.45) is 0 Å². The number of carbonyl (C=O) groups excluding carboxylic acids is 4. The number of hydrogen-bond acceptors (Lipinski definition) is 14. The zero-order valence-corrected chi connectivity index (χ0v) is 45.2. The number of rotatable bonds is 8. The second-order valence-corrected chi connectivity index (χ2v) is 20.5. The number of anilines is 2. The maximum Gasteiger partial charge on any atom is 0.495 e. The zero-order valence-electron chi connectivity index (χ0n) is 43.0. The molecule has 386 valence electrons. The number of fused-ring (bicyclic) bond motifs is 4. The van der Waals surface area contributed by atoms with Crippen LogP contribution in [0.25, 0.3) is 32.9 Å². The number of carbonyl (C=O) groups is 4. The first-order valence-electron chi connectivity index (χ1n) is 24.9. The number of aromatic nitrogens is 4. The Labute approximate surface area is 454 Å². The molecule has 0 unspecified atom stereocenters. The maximum atomic E-state index is 13.5. The van der Waals surface area contributed by atoms with E-state index in [0.717, 1.165) is 25.6 Å². The number of esters is 2. The van der Waals surface area contributed by atoms with Crippen LogP contribution in [0.4, 0.5) is 11.9 Å². The summed E-state index contributed by atoms with van der Waals surface area (Å²) in [5.74, 6) is -0.893. The highest BCUT2D eigenvalue weighted by atomic mass is 127. The summed E-state index contributed by atoms with van der Waals surface area (Å²) < 4.78 is 23.3. The second kappa shape index (κ2) is 22.2. The van der Waals surface area contributed by atoms with E-state index in [1.165, 1.54) is 11.1 Å². The lowest BCUT2D eigenvalue weighted by atomic mass is 9.76. The summed E-state index contributed by atoms with van der Waals surface area (Å²) in [4.78, 5) is 71.6. The highest BCUT2D eigenvalue weighted by Gasteiger charge is 2.52. The third-order valence-corrected chi connectivity index (χ3v) is 14.4. The molecule has 76 heavy (non-hydrogen) atoms. The molecule has 16 nitrogen and oxygen atoms in total. The van der Waals surface area contributed by atoms with Crippen molar-refractivity contribution < 1.29 is 38.0 Å². The molecular formula is C58H56BIN8O8. The minimum absolute atomic E-state index is 0.0437. The van der Waals surface area contributed by atoms with E-state index in [-0.39, 0.29) is 42.0 Å². The molecule has 6 aromatic carbocycles. The highest BCUT2D eigenvalue weighted by molar-refractivity contribution is 14.1. The number of nitrogens with two attached hydrogens (primary N) is 2. The van der Waals surface area contributed by atoms with Crippen LogP contribution in [-0.4, -0.2) is 85.0 Å². The number of nitrogen functional groups attached to an aromatic ring is 2. The monoisotopic (exact) mass is 1130 g/mol. The number of nitrogens with zero attached hydrogens (tertiary/aromatic N) is 6. The summed E-state index contributed by atoms with van der Waals surface area (Å²) in [6.07, 6.45) is 0. The summed E-state index contributed by atoms with van der Waals surface area (Å²) in [5, 5.41) is 1.33. The van der Waals surface area contributed by atoms with Crippen molar-refractivity contribution in [3.05, 3.63) is 182 Å². The van der Waals surface area contributed by atoms with Gasteiger partial charge in [0, 0.05) is 40.5 Å². The van der Waals surface area contributed by atoms with Crippen molar-refractivity contribution in [1.82, 2.24) is 29.7 Å². The molecular weight excluding hydrogens is 1070 g/mol. The summed E-state index contributed by atoms with van der Waals surface area (Å²) in [5.41, 5.74) is 20.5. The van der Waals surface area contributed by atoms with E-state index in [0.29, 0.717) is 77.1 Å². The summed E-state index contributed by atoms with van der Waals surface area (Å²) >= 11 is 2.21. The smallest absolute Gasteiger partial charge is 0.462 e. The first kappa shape index (κ1) is 53.0. The van der Waals surface area contributed by atoms with Gasteiger partial charge in [-0.25, -0.2) is 29.5 Å². The number of ether oxygens (including phenoxy) is 2. The molecule has 3 aliphatic rings. The van der Waals surface area contributed by atoms with E-state index in [2.05, 4.69) is 54.7 Å². The second-order valence-electron chi connectivity index (χ2n) is 19.3. The molecule has 0 spiro atoms. The molecule has 0 saturated carbocycles. The molecule has 2 aromatic heterocycles. The molecule has 0 bridgehead atoms. The van der Waals surface area contributed by atoms with Crippen LogP contribution >= 0.6 is 22.6 Å². The minimum atomic E-state index is -0.555. The molecule has 5 heterocycles. The van der Waals surface area contributed by atoms with Crippen molar-refractivity contribution in [1.29, 1.82) is 0 Å². The van der Waals surface area contributed by atoms with Gasteiger partial charge in [0.05, 0.1) is 46.6 Å². The number of amides is 2. The average molecular weight is 1130 g/mol. The van der Waals surface area contributed by atoms with E-state index >= 15 is 0 Å². The van der Waals surface area contributed by atoms with Crippen LogP contribution < -0.4 is 16.9 Å². The summed E-state index contributed by atoms with van der Waals surface area (Å²) in [6.45, 7) is 14.4. The summed E-state index contributed by atoms with van der Waals surface area (Å²) in [6, 6.07) is 41.8. The fraction of sp³-hybridized carbons (Fsp3) is 0.241. The van der Waals surface area contributed by atoms with Crippen molar-refractivity contribution in [2.75, 3.05) is 24.7 Å². The van der Waals surface area contributed by atoms with Gasteiger partial charge in [0.2, 0.25) is 11.9 Å². The Morgan fingerprint density at radius 2 is 0.987 bits per heavy atom. The van der Waals surface area contributed by atoms with Crippen molar-refractivity contribution in [2.45, 2.75) is 78.9 Å². The van der Waals surface area contributed by atoms with Gasteiger partial charge < -0.3 is 40.0 Å². The van der Waals surface area contributed by atoms with E-state index < -0.39 is 24.3 Å². The lowest BCUT2D eigenvalue weighted by Gasteiger charge is -2.32. The maximum absolute atomic E-state index is 13.5. The highest BCUT2D eigenvalue weighted by Crippen LogP contribution is 2.37. The molecule has 1 fully saturated rings. The Kier molecular flexibility index (Phi) is 15.5. The van der Waals surface area contributed by atoms with Gasteiger partial charge in [0.15, 0.2) is 0 Å². The van der Waals surface area contributed by atoms with Crippen LogP contribution in [0.15, 0.2) is 133 Å². The fourth-order valence-electron chi connectivity index (χ4n) is 9.20. The Hall–Kier alpha value is -7.81. The summed E-state index contributed by atoms with van der Waals surface area (Å²) in [7, 11) is -0.555. The quantitative estimate of drug-likeness (QED) is 0.0824. The van der Waals surface area contributed by atoms with Gasteiger partial charge >= 0.3 is 19.1 Å². The topological polar surface area (TPSA) is 215 Å². The van der Waals surface area contributed by atoms with E-state index in [9.17, 15) is 19.2 Å². The number of hydrogen-bond donors (Lipinski definition) is 2. The van der Waals surface area contributed by atoms with Crippen molar-refractivity contribution in [3.8, 4) is 11.1 Å². The number of benzene rings is 6. The molecule has 2 amide bonds. The van der Waals surface area contributed by atoms with Crippen LogP contribution in [0.2, 0.25) is 0 Å². The molecule has 18 heteroatoms. The van der Waals surface area contributed by atoms with Gasteiger partial charge in [-0.1, -0.05) is 91.0 Å². The predicted octanol–water partition coefficient (Wildman–Crippen LogP) is 9.35. The molecule has 1 saturated heterocycles. The SMILES string of the molecule is CCOC(=O)c1ccccc1-c1ccc2nc(N)nc(C(=O)N3Cc4ccccc4C3)c2c1.CCOC(=O)c1ccccc1B1OC(C)(C)C(C)(C)O1.Nc1nc(C(=O)N2Cc3ccccc3C2)c2cc(I)ccc2n1.